The van der Waals surface area contributed by atoms with Gasteiger partial charge < -0.3 is 19.8 Å². The van der Waals surface area contributed by atoms with Gasteiger partial charge in [0, 0.05) is 5.54 Å². The molecule has 1 aliphatic rings. The van der Waals surface area contributed by atoms with Crippen molar-refractivity contribution >= 4 is 22.8 Å². The van der Waals surface area contributed by atoms with Crippen LogP contribution in [-0.2, 0) is 6.54 Å². The third kappa shape index (κ3) is 3.35. The van der Waals surface area contributed by atoms with Gasteiger partial charge in [-0.1, -0.05) is 0 Å². The Kier molecular flexibility index (Phi) is 4.37. The predicted octanol–water partition coefficient (Wildman–Crippen LogP) is 2.97. The number of aryl methyl sites for hydroxylation is 1. The molecule has 8 nitrogen and oxygen atoms in total. The van der Waals surface area contributed by atoms with Gasteiger partial charge in [-0.3, -0.25) is 4.79 Å². The molecule has 3 aromatic heterocycles. The van der Waals surface area contributed by atoms with Crippen LogP contribution in [0.1, 0.15) is 41.6 Å². The number of nitrogens with one attached hydrogen (secondary N) is 2. The molecule has 1 fully saturated rings. The minimum Gasteiger partial charge on any atom is -0.492 e. The van der Waals surface area contributed by atoms with Crippen molar-refractivity contribution in [2.45, 2.75) is 38.8 Å². The van der Waals surface area contributed by atoms with Crippen molar-refractivity contribution in [2.24, 2.45) is 0 Å². The fourth-order valence-electron chi connectivity index (χ4n) is 2.98. The summed E-state index contributed by atoms with van der Waals surface area (Å²) in [7, 11) is 1.37. The van der Waals surface area contributed by atoms with Gasteiger partial charge in [0.25, 0.3) is 11.9 Å². The molecule has 0 radical (unpaired) electrons. The number of hydrogen-bond acceptors (Lipinski definition) is 7. The topological polar surface area (TPSA) is 102 Å². The number of halogens is 1. The van der Waals surface area contributed by atoms with Gasteiger partial charge in [-0.25, -0.2) is 15.0 Å². The molecule has 0 spiro atoms. The summed E-state index contributed by atoms with van der Waals surface area (Å²) < 4.78 is 24.2. The molecule has 146 valence electrons. The number of rotatable bonds is 6. The molecule has 3 aromatic rings. The van der Waals surface area contributed by atoms with Gasteiger partial charge >= 0.3 is 0 Å². The van der Waals surface area contributed by atoms with E-state index < -0.39 is 5.95 Å². The van der Waals surface area contributed by atoms with E-state index in [1.54, 1.807) is 13.0 Å². The number of aromatic nitrogens is 3. The SMILES string of the molecule is COc1ccc(CNC(=O)c2c(C)oc3ncnc(NC4(C)CC4)c23)nc1F. The molecule has 3 heterocycles. The van der Waals surface area contributed by atoms with Crippen molar-refractivity contribution in [1.82, 2.24) is 20.3 Å². The van der Waals surface area contributed by atoms with E-state index in [2.05, 4.69) is 32.5 Å². The lowest BCUT2D eigenvalue weighted by atomic mass is 10.1. The van der Waals surface area contributed by atoms with Crippen LogP contribution in [0, 0.1) is 12.9 Å². The Labute approximate surface area is 160 Å². The van der Waals surface area contributed by atoms with Gasteiger partial charge in [0.15, 0.2) is 5.75 Å². The van der Waals surface area contributed by atoms with Crippen molar-refractivity contribution in [3.8, 4) is 5.75 Å². The molecule has 0 unspecified atom stereocenters. The minimum absolute atomic E-state index is 0.0231. The summed E-state index contributed by atoms with van der Waals surface area (Å²) in [5.41, 5.74) is 1.05. The second-order valence-corrected chi connectivity index (χ2v) is 7.10. The Morgan fingerprint density at radius 3 is 2.82 bits per heavy atom. The highest BCUT2D eigenvalue weighted by Gasteiger charge is 2.38. The zero-order chi connectivity index (χ0) is 19.9. The standard InChI is InChI=1S/C19H20FN5O3/c1-10-13(17(26)21-8-11-4-5-12(27-3)15(20)24-11)14-16(25-19(2)6-7-19)22-9-23-18(14)28-10/h4-5,9H,6-8H2,1-3H3,(H,21,26)(H,22,23,25). The molecule has 0 aromatic carbocycles. The van der Waals surface area contributed by atoms with Crippen molar-refractivity contribution in [3.63, 3.8) is 0 Å². The van der Waals surface area contributed by atoms with Crippen LogP contribution in [0.5, 0.6) is 5.75 Å². The average Bonchev–Trinajstić information content (AvgIpc) is 3.28. The quantitative estimate of drug-likeness (QED) is 0.629. The summed E-state index contributed by atoms with van der Waals surface area (Å²) in [6.45, 7) is 3.85. The summed E-state index contributed by atoms with van der Waals surface area (Å²) in [6, 6.07) is 3.06. The van der Waals surface area contributed by atoms with E-state index in [-0.39, 0.29) is 23.7 Å². The van der Waals surface area contributed by atoms with E-state index in [1.807, 2.05) is 0 Å². The van der Waals surface area contributed by atoms with Crippen molar-refractivity contribution in [3.05, 3.63) is 41.4 Å². The van der Waals surface area contributed by atoms with E-state index in [0.717, 1.165) is 12.8 Å². The first-order valence-electron chi connectivity index (χ1n) is 8.90. The zero-order valence-electron chi connectivity index (χ0n) is 15.8. The molecule has 28 heavy (non-hydrogen) atoms. The van der Waals surface area contributed by atoms with Gasteiger partial charge in [-0.15, -0.1) is 0 Å². The minimum atomic E-state index is -0.725. The Morgan fingerprint density at radius 1 is 1.36 bits per heavy atom. The summed E-state index contributed by atoms with van der Waals surface area (Å²) >= 11 is 0. The number of methoxy groups -OCH3 is 1. The lowest BCUT2D eigenvalue weighted by Crippen LogP contribution is -2.24. The van der Waals surface area contributed by atoms with Crippen molar-refractivity contribution in [1.29, 1.82) is 0 Å². The number of nitrogens with zero attached hydrogens (tertiary/aromatic N) is 3. The molecule has 4 rings (SSSR count). The van der Waals surface area contributed by atoms with Crippen LogP contribution in [0.3, 0.4) is 0 Å². The number of ether oxygens (including phenoxy) is 1. The number of anilines is 1. The molecular weight excluding hydrogens is 365 g/mol. The lowest BCUT2D eigenvalue weighted by Gasteiger charge is -2.13. The number of furan rings is 1. The number of fused-ring (bicyclic) bond motifs is 1. The molecule has 9 heteroatoms. The summed E-state index contributed by atoms with van der Waals surface area (Å²) in [5.74, 6) is -0.0375. The van der Waals surface area contributed by atoms with Gasteiger partial charge in [0.1, 0.15) is 17.9 Å². The summed E-state index contributed by atoms with van der Waals surface area (Å²) in [5, 5.41) is 6.66. The van der Waals surface area contributed by atoms with Crippen LogP contribution < -0.4 is 15.4 Å². The largest absolute Gasteiger partial charge is 0.492 e. The highest BCUT2D eigenvalue weighted by atomic mass is 19.1. The maximum absolute atomic E-state index is 13.7. The molecule has 1 amide bonds. The van der Waals surface area contributed by atoms with Crippen molar-refractivity contribution < 1.29 is 18.3 Å². The number of hydrogen-bond donors (Lipinski definition) is 2. The molecule has 1 saturated carbocycles. The second-order valence-electron chi connectivity index (χ2n) is 7.10. The Morgan fingerprint density at radius 2 is 2.14 bits per heavy atom. The van der Waals surface area contributed by atoms with Crippen LogP contribution in [0.15, 0.2) is 22.9 Å². The summed E-state index contributed by atoms with van der Waals surface area (Å²) in [6.07, 6.45) is 3.47. The number of carbonyl (C=O) groups is 1. The zero-order valence-corrected chi connectivity index (χ0v) is 15.8. The van der Waals surface area contributed by atoms with Crippen LogP contribution in [0.4, 0.5) is 10.2 Å². The molecule has 2 N–H and O–H groups in total. The van der Waals surface area contributed by atoms with Gasteiger partial charge in [0.2, 0.25) is 5.71 Å². The average molecular weight is 385 g/mol. The Bertz CT molecular complexity index is 1060. The molecular formula is C19H20FN5O3. The van der Waals surface area contributed by atoms with Crippen LogP contribution in [0.25, 0.3) is 11.1 Å². The predicted molar refractivity (Wildman–Crippen MR) is 99.7 cm³/mol. The van der Waals surface area contributed by atoms with E-state index in [4.69, 9.17) is 9.15 Å². The highest BCUT2D eigenvalue weighted by molar-refractivity contribution is 6.10. The number of pyridine rings is 1. The molecule has 0 saturated heterocycles. The molecule has 1 aliphatic carbocycles. The second kappa shape index (κ2) is 6.74. The van der Waals surface area contributed by atoms with Gasteiger partial charge in [-0.05, 0) is 38.8 Å². The van der Waals surface area contributed by atoms with E-state index in [0.29, 0.717) is 33.9 Å². The maximum atomic E-state index is 13.7. The first-order valence-corrected chi connectivity index (χ1v) is 8.90. The molecule has 0 aliphatic heterocycles. The van der Waals surface area contributed by atoms with Gasteiger partial charge in [0.05, 0.1) is 30.3 Å². The first kappa shape index (κ1) is 18.1. The van der Waals surface area contributed by atoms with Crippen LogP contribution in [-0.4, -0.2) is 33.5 Å². The normalized spacial score (nSPS) is 14.7. The first-order chi connectivity index (χ1) is 13.4. The fourth-order valence-corrected chi connectivity index (χ4v) is 2.98. The third-order valence-electron chi connectivity index (χ3n) is 4.83. The van der Waals surface area contributed by atoms with Crippen molar-refractivity contribution in [2.75, 3.05) is 12.4 Å². The van der Waals surface area contributed by atoms with Crippen LogP contribution in [0.2, 0.25) is 0 Å². The van der Waals surface area contributed by atoms with Gasteiger partial charge in [-0.2, -0.15) is 4.39 Å². The summed E-state index contributed by atoms with van der Waals surface area (Å²) in [4.78, 5) is 25.1. The van der Waals surface area contributed by atoms with E-state index >= 15 is 0 Å². The monoisotopic (exact) mass is 385 g/mol. The molecule has 0 bridgehead atoms. The van der Waals surface area contributed by atoms with Crippen LogP contribution >= 0.6 is 0 Å². The lowest BCUT2D eigenvalue weighted by molar-refractivity contribution is 0.0950. The Hall–Kier alpha value is -3.23. The fraction of sp³-hybridized carbons (Fsp3) is 0.368. The number of carbonyl (C=O) groups excluding carboxylic acids is 1. The Balaban J connectivity index is 1.60. The smallest absolute Gasteiger partial charge is 0.255 e. The van der Waals surface area contributed by atoms with E-state index in [9.17, 15) is 9.18 Å². The highest BCUT2D eigenvalue weighted by Crippen LogP contribution is 2.40. The van der Waals surface area contributed by atoms with E-state index in [1.165, 1.54) is 19.5 Å². The maximum Gasteiger partial charge on any atom is 0.255 e. The number of amides is 1. The third-order valence-corrected chi connectivity index (χ3v) is 4.83. The molecule has 0 atom stereocenters.